The Morgan fingerprint density at radius 2 is 1.75 bits per heavy atom. The monoisotopic (exact) mass is 408 g/mol. The molecule has 2 aromatic rings. The summed E-state index contributed by atoms with van der Waals surface area (Å²) in [6, 6.07) is 7.86. The average Bonchev–Trinajstić information content (AvgIpc) is 2.59. The Morgan fingerprint density at radius 1 is 1.07 bits per heavy atom. The van der Waals surface area contributed by atoms with Crippen LogP contribution in [-0.2, 0) is 4.79 Å². The molecule has 2 N–H and O–H groups in total. The van der Waals surface area contributed by atoms with Crippen molar-refractivity contribution in [3.8, 4) is 11.5 Å². The van der Waals surface area contributed by atoms with Crippen molar-refractivity contribution in [2.24, 2.45) is 0 Å². The molecule has 0 fully saturated rings. The quantitative estimate of drug-likeness (QED) is 0.635. The highest BCUT2D eigenvalue weighted by atomic mass is 19.4. The van der Waals surface area contributed by atoms with Crippen LogP contribution in [0.15, 0.2) is 42.5 Å². The molecule has 0 spiro atoms. The van der Waals surface area contributed by atoms with Gasteiger partial charge in [0, 0.05) is 11.8 Å². The minimum Gasteiger partial charge on any atom is -0.482 e. The van der Waals surface area contributed by atoms with Crippen molar-refractivity contribution in [1.29, 1.82) is 0 Å². The van der Waals surface area contributed by atoms with E-state index >= 15 is 0 Å². The highest BCUT2D eigenvalue weighted by molar-refractivity contribution is 5.94. The molecule has 0 saturated carbocycles. The van der Waals surface area contributed by atoms with E-state index in [1.54, 1.807) is 0 Å². The van der Waals surface area contributed by atoms with E-state index in [0.29, 0.717) is 0 Å². The molecule has 0 radical (unpaired) electrons. The fourth-order valence-electron chi connectivity index (χ4n) is 2.03. The average molecular weight is 408 g/mol. The molecule has 0 saturated heterocycles. The highest BCUT2D eigenvalue weighted by Crippen LogP contribution is 2.27. The van der Waals surface area contributed by atoms with Gasteiger partial charge in [-0.1, -0.05) is 0 Å². The van der Waals surface area contributed by atoms with Gasteiger partial charge in [0.2, 0.25) is 5.91 Å². The zero-order valence-electron chi connectivity index (χ0n) is 14.0. The number of ether oxygens (including phenoxy) is 2. The number of alkyl halides is 5. The maximum atomic E-state index is 13.3. The van der Waals surface area contributed by atoms with Gasteiger partial charge in [0.1, 0.15) is 17.3 Å². The standard InChI is InChI=1S/C17H14F6N2O3/c18-10-1-6-14(27-9-17(21,22)23)13(7-10)24-8-15(26)25-11-2-4-12(5-3-11)28-16(19)20/h1-7,16,24H,8-9H2,(H,25,26). The lowest BCUT2D eigenvalue weighted by atomic mass is 10.2. The number of benzene rings is 2. The molecule has 0 aromatic heterocycles. The van der Waals surface area contributed by atoms with E-state index in [1.165, 1.54) is 24.3 Å². The highest BCUT2D eigenvalue weighted by Gasteiger charge is 2.29. The summed E-state index contributed by atoms with van der Waals surface area (Å²) < 4.78 is 83.1. The van der Waals surface area contributed by atoms with Crippen molar-refractivity contribution in [3.63, 3.8) is 0 Å². The Hall–Kier alpha value is -3.11. The fraction of sp³-hybridized carbons (Fsp3) is 0.235. The summed E-state index contributed by atoms with van der Waals surface area (Å²) in [6.45, 7) is -4.97. The predicted octanol–water partition coefficient (Wildman–Crippen LogP) is 4.42. The maximum absolute atomic E-state index is 13.3. The van der Waals surface area contributed by atoms with Gasteiger partial charge >= 0.3 is 12.8 Å². The van der Waals surface area contributed by atoms with Crippen LogP contribution in [0, 0.1) is 5.82 Å². The molecule has 2 rings (SSSR count). The fourth-order valence-corrected chi connectivity index (χ4v) is 2.03. The van der Waals surface area contributed by atoms with Crippen LogP contribution >= 0.6 is 0 Å². The Kier molecular flexibility index (Phi) is 6.96. The Balaban J connectivity index is 1.94. The number of hydrogen-bond donors (Lipinski definition) is 2. The van der Waals surface area contributed by atoms with E-state index < -0.39 is 37.7 Å². The number of anilines is 2. The first-order chi connectivity index (χ1) is 13.1. The second-order valence-corrected chi connectivity index (χ2v) is 5.35. The van der Waals surface area contributed by atoms with E-state index in [9.17, 15) is 31.1 Å². The van der Waals surface area contributed by atoms with Gasteiger partial charge in [-0.15, -0.1) is 0 Å². The first kappa shape index (κ1) is 21.2. The summed E-state index contributed by atoms with van der Waals surface area (Å²) in [5.74, 6) is -1.73. The third-order valence-electron chi connectivity index (χ3n) is 3.14. The molecule has 0 aliphatic heterocycles. The number of carbonyl (C=O) groups is 1. The second kappa shape index (κ2) is 9.20. The number of amides is 1. The zero-order chi connectivity index (χ0) is 20.7. The van der Waals surface area contributed by atoms with Crippen molar-refractivity contribution in [2.75, 3.05) is 23.8 Å². The lowest BCUT2D eigenvalue weighted by Gasteiger charge is -2.14. The van der Waals surface area contributed by atoms with Gasteiger partial charge in [-0.05, 0) is 36.4 Å². The van der Waals surface area contributed by atoms with Crippen molar-refractivity contribution < 1.29 is 40.6 Å². The van der Waals surface area contributed by atoms with Crippen LogP contribution in [0.5, 0.6) is 11.5 Å². The number of rotatable bonds is 8. The normalized spacial score (nSPS) is 11.2. The van der Waals surface area contributed by atoms with Gasteiger partial charge < -0.3 is 20.1 Å². The van der Waals surface area contributed by atoms with Gasteiger partial charge in [0.15, 0.2) is 6.61 Å². The van der Waals surface area contributed by atoms with Crippen molar-refractivity contribution in [3.05, 3.63) is 48.3 Å². The summed E-state index contributed by atoms with van der Waals surface area (Å²) in [5.41, 5.74) is 0.126. The van der Waals surface area contributed by atoms with Gasteiger partial charge in [0.25, 0.3) is 0 Å². The van der Waals surface area contributed by atoms with Crippen LogP contribution in [-0.4, -0.2) is 31.8 Å². The zero-order valence-corrected chi connectivity index (χ0v) is 14.0. The predicted molar refractivity (Wildman–Crippen MR) is 88.1 cm³/mol. The molecule has 0 bridgehead atoms. The SMILES string of the molecule is O=C(CNc1cc(F)ccc1OCC(F)(F)F)Nc1ccc(OC(F)F)cc1. The topological polar surface area (TPSA) is 59.6 Å². The summed E-state index contributed by atoms with van der Waals surface area (Å²) in [6.07, 6.45) is -4.58. The van der Waals surface area contributed by atoms with Crippen LogP contribution in [0.1, 0.15) is 0 Å². The van der Waals surface area contributed by atoms with Crippen molar-refractivity contribution in [1.82, 2.24) is 0 Å². The van der Waals surface area contributed by atoms with Gasteiger partial charge in [0.05, 0.1) is 12.2 Å². The molecule has 5 nitrogen and oxygen atoms in total. The molecule has 11 heteroatoms. The third kappa shape index (κ3) is 7.25. The Bertz CT molecular complexity index is 796. The molecule has 1 amide bonds. The smallest absolute Gasteiger partial charge is 0.422 e. The van der Waals surface area contributed by atoms with Gasteiger partial charge in [-0.2, -0.15) is 22.0 Å². The van der Waals surface area contributed by atoms with Crippen molar-refractivity contribution >= 4 is 17.3 Å². The first-order valence-electron chi connectivity index (χ1n) is 7.70. The minimum absolute atomic E-state index is 0.0997. The molecular weight excluding hydrogens is 394 g/mol. The van der Waals surface area contributed by atoms with Crippen molar-refractivity contribution in [2.45, 2.75) is 12.8 Å². The summed E-state index contributed by atoms with van der Waals surface area (Å²) in [4.78, 5) is 11.9. The van der Waals surface area contributed by atoms with Crippen LogP contribution in [0.3, 0.4) is 0 Å². The van der Waals surface area contributed by atoms with E-state index in [-0.39, 0.29) is 22.9 Å². The van der Waals surface area contributed by atoms with Gasteiger partial charge in [-0.3, -0.25) is 4.79 Å². The van der Waals surface area contributed by atoms with E-state index in [4.69, 9.17) is 0 Å². The van der Waals surface area contributed by atoms with Crippen LogP contribution in [0.25, 0.3) is 0 Å². The van der Waals surface area contributed by atoms with Crippen LogP contribution in [0.2, 0.25) is 0 Å². The number of carbonyl (C=O) groups excluding carboxylic acids is 1. The van der Waals surface area contributed by atoms with Gasteiger partial charge in [-0.25, -0.2) is 4.39 Å². The second-order valence-electron chi connectivity index (χ2n) is 5.35. The molecule has 0 aliphatic rings. The molecule has 2 aromatic carbocycles. The summed E-state index contributed by atoms with van der Waals surface area (Å²) in [5, 5.41) is 4.90. The third-order valence-corrected chi connectivity index (χ3v) is 3.14. The van der Waals surface area contributed by atoms with E-state index in [2.05, 4.69) is 20.1 Å². The Morgan fingerprint density at radius 3 is 2.36 bits per heavy atom. The lowest BCUT2D eigenvalue weighted by molar-refractivity contribution is -0.153. The first-order valence-corrected chi connectivity index (χ1v) is 7.70. The molecule has 0 unspecified atom stereocenters. The minimum atomic E-state index is -4.58. The molecule has 28 heavy (non-hydrogen) atoms. The van der Waals surface area contributed by atoms with E-state index in [0.717, 1.165) is 18.2 Å². The lowest BCUT2D eigenvalue weighted by Crippen LogP contribution is -2.23. The van der Waals surface area contributed by atoms with Crippen LogP contribution < -0.4 is 20.1 Å². The van der Waals surface area contributed by atoms with Crippen LogP contribution in [0.4, 0.5) is 37.7 Å². The molecule has 0 atom stereocenters. The Labute approximate surface area is 155 Å². The maximum Gasteiger partial charge on any atom is 0.422 e. The summed E-state index contributed by atoms with van der Waals surface area (Å²) in [7, 11) is 0. The molecular formula is C17H14F6N2O3. The number of halogens is 6. The largest absolute Gasteiger partial charge is 0.482 e. The summed E-state index contributed by atoms with van der Waals surface area (Å²) >= 11 is 0. The number of hydrogen-bond acceptors (Lipinski definition) is 4. The number of nitrogens with one attached hydrogen (secondary N) is 2. The molecule has 0 heterocycles. The molecule has 0 aliphatic carbocycles. The molecule has 152 valence electrons. The van der Waals surface area contributed by atoms with E-state index in [1.807, 2.05) is 0 Å².